The first kappa shape index (κ1) is 21.4. The number of rotatable bonds is 9. The topological polar surface area (TPSA) is 57.9 Å². The normalized spacial score (nSPS) is 11.1. The second kappa shape index (κ2) is 9.93. The molecule has 0 aliphatic carbocycles. The van der Waals surface area contributed by atoms with Crippen LogP contribution >= 0.6 is 11.6 Å². The van der Waals surface area contributed by atoms with Crippen molar-refractivity contribution in [2.24, 2.45) is 0 Å². The molecule has 0 N–H and O–H groups in total. The van der Waals surface area contributed by atoms with Crippen molar-refractivity contribution in [2.45, 2.75) is 13.2 Å². The highest BCUT2D eigenvalue weighted by Crippen LogP contribution is 2.29. The minimum absolute atomic E-state index is 0.0352. The highest BCUT2D eigenvalue weighted by molar-refractivity contribution is 6.30. The molecule has 0 spiro atoms. The van der Waals surface area contributed by atoms with Gasteiger partial charge in [-0.2, -0.15) is 8.78 Å². The van der Waals surface area contributed by atoms with Crippen LogP contribution < -0.4 is 14.2 Å². The molecule has 5 nitrogen and oxygen atoms in total. The molecule has 0 radical (unpaired) electrons. The molecular weight excluding hydrogens is 418 g/mol. The third kappa shape index (κ3) is 5.84. The molecule has 0 aliphatic heterocycles. The standard InChI is InChI=1S/C22H17ClF2O5/c1-27-21-11-14(5-10-20(21)30-22(24)25)19(26)9-8-16-6-7-18(29-16)13-28-17-4-2-3-15(23)12-17/h2-12,22H,13H2,1H3/b9-8+. The Hall–Kier alpha value is -3.32. The van der Waals surface area contributed by atoms with E-state index in [0.717, 1.165) is 0 Å². The Morgan fingerprint density at radius 2 is 1.97 bits per heavy atom. The first-order valence-electron chi connectivity index (χ1n) is 8.77. The Labute approximate surface area is 176 Å². The molecule has 0 bridgehead atoms. The molecule has 2 aromatic carbocycles. The summed E-state index contributed by atoms with van der Waals surface area (Å²) in [5.74, 6) is 1.16. The van der Waals surface area contributed by atoms with Gasteiger partial charge in [0.15, 0.2) is 17.3 Å². The van der Waals surface area contributed by atoms with Crippen LogP contribution in [0.2, 0.25) is 5.02 Å². The number of ether oxygens (including phenoxy) is 3. The largest absolute Gasteiger partial charge is 0.493 e. The van der Waals surface area contributed by atoms with Crippen molar-refractivity contribution in [3.05, 3.63) is 82.8 Å². The predicted molar refractivity (Wildman–Crippen MR) is 107 cm³/mol. The number of benzene rings is 2. The highest BCUT2D eigenvalue weighted by atomic mass is 35.5. The number of carbonyl (C=O) groups is 1. The summed E-state index contributed by atoms with van der Waals surface area (Å²) in [5, 5.41) is 0.569. The lowest BCUT2D eigenvalue weighted by Crippen LogP contribution is -2.04. The van der Waals surface area contributed by atoms with Gasteiger partial charge in [0.2, 0.25) is 0 Å². The van der Waals surface area contributed by atoms with Crippen LogP contribution in [0.15, 0.2) is 65.1 Å². The lowest BCUT2D eigenvalue weighted by molar-refractivity contribution is -0.0512. The molecule has 30 heavy (non-hydrogen) atoms. The minimum atomic E-state index is -2.99. The third-order valence-electron chi connectivity index (χ3n) is 3.92. The molecule has 1 aromatic heterocycles. The molecule has 3 rings (SSSR count). The molecule has 0 saturated carbocycles. The Bertz CT molecular complexity index is 1050. The summed E-state index contributed by atoms with van der Waals surface area (Å²) in [6.45, 7) is -2.79. The number of carbonyl (C=O) groups excluding carboxylic acids is 1. The summed E-state index contributed by atoms with van der Waals surface area (Å²) in [6.07, 6.45) is 2.81. The predicted octanol–water partition coefficient (Wildman–Crippen LogP) is 6.02. The van der Waals surface area contributed by atoms with Gasteiger partial charge in [0.1, 0.15) is 23.9 Å². The lowest BCUT2D eigenvalue weighted by Gasteiger charge is -2.10. The maximum atomic E-state index is 12.4. The summed E-state index contributed by atoms with van der Waals surface area (Å²) in [7, 11) is 1.30. The molecule has 1 heterocycles. The molecule has 156 valence electrons. The molecule has 3 aromatic rings. The van der Waals surface area contributed by atoms with Crippen molar-refractivity contribution < 1.29 is 32.2 Å². The van der Waals surface area contributed by atoms with E-state index in [9.17, 15) is 13.6 Å². The highest BCUT2D eigenvalue weighted by Gasteiger charge is 2.13. The van der Waals surface area contributed by atoms with Crippen molar-refractivity contribution in [3.63, 3.8) is 0 Å². The van der Waals surface area contributed by atoms with E-state index < -0.39 is 6.61 Å². The van der Waals surface area contributed by atoms with Gasteiger partial charge in [0.25, 0.3) is 0 Å². The summed E-state index contributed by atoms with van der Waals surface area (Å²) >= 11 is 5.91. The Kier molecular flexibility index (Phi) is 7.08. The fourth-order valence-corrected chi connectivity index (χ4v) is 2.72. The Morgan fingerprint density at radius 3 is 2.70 bits per heavy atom. The Balaban J connectivity index is 1.62. The van der Waals surface area contributed by atoms with Crippen LogP contribution in [-0.2, 0) is 6.61 Å². The molecule has 0 aliphatic rings. The zero-order valence-corrected chi connectivity index (χ0v) is 16.6. The van der Waals surface area contributed by atoms with Gasteiger partial charge in [-0.3, -0.25) is 4.79 Å². The molecular formula is C22H17ClF2O5. The van der Waals surface area contributed by atoms with Gasteiger partial charge in [0.05, 0.1) is 7.11 Å². The van der Waals surface area contributed by atoms with Gasteiger partial charge in [-0.05, 0) is 60.7 Å². The fraction of sp³-hybridized carbons (Fsp3) is 0.136. The van der Waals surface area contributed by atoms with Gasteiger partial charge in [-0.1, -0.05) is 17.7 Å². The van der Waals surface area contributed by atoms with Gasteiger partial charge in [0, 0.05) is 10.6 Å². The third-order valence-corrected chi connectivity index (χ3v) is 4.16. The van der Waals surface area contributed by atoms with Gasteiger partial charge < -0.3 is 18.6 Å². The van der Waals surface area contributed by atoms with E-state index in [1.807, 2.05) is 0 Å². The van der Waals surface area contributed by atoms with E-state index in [-0.39, 0.29) is 29.5 Å². The van der Waals surface area contributed by atoms with Crippen molar-refractivity contribution in [2.75, 3.05) is 7.11 Å². The van der Waals surface area contributed by atoms with E-state index in [1.54, 1.807) is 36.4 Å². The van der Waals surface area contributed by atoms with Crippen molar-refractivity contribution >= 4 is 23.5 Å². The number of furan rings is 1. The SMILES string of the molecule is COc1cc(C(=O)/C=C/c2ccc(COc3cccc(Cl)c3)o2)ccc1OC(F)F. The maximum Gasteiger partial charge on any atom is 0.387 e. The molecule has 0 saturated heterocycles. The van der Waals surface area contributed by atoms with Crippen molar-refractivity contribution in [1.82, 2.24) is 0 Å². The van der Waals surface area contributed by atoms with Crippen LogP contribution in [0.1, 0.15) is 21.9 Å². The average Bonchev–Trinajstić information content (AvgIpc) is 3.18. The molecule has 0 amide bonds. The van der Waals surface area contributed by atoms with E-state index in [0.29, 0.717) is 22.3 Å². The molecule has 8 heteroatoms. The van der Waals surface area contributed by atoms with Crippen LogP contribution in [0, 0.1) is 0 Å². The number of halogens is 3. The van der Waals surface area contributed by atoms with Crippen LogP contribution in [0.25, 0.3) is 6.08 Å². The minimum Gasteiger partial charge on any atom is -0.493 e. The van der Waals surface area contributed by atoms with Crippen molar-refractivity contribution in [3.8, 4) is 17.2 Å². The lowest BCUT2D eigenvalue weighted by atomic mass is 10.1. The molecule has 0 fully saturated rings. The number of allylic oxidation sites excluding steroid dienone is 1. The first-order valence-corrected chi connectivity index (χ1v) is 9.15. The van der Waals surface area contributed by atoms with Crippen LogP contribution in [0.4, 0.5) is 8.78 Å². The number of hydrogen-bond acceptors (Lipinski definition) is 5. The number of alkyl halides is 2. The second-order valence-corrected chi connectivity index (χ2v) is 6.43. The smallest absolute Gasteiger partial charge is 0.387 e. The summed E-state index contributed by atoms with van der Waals surface area (Å²) in [4.78, 5) is 12.4. The number of methoxy groups -OCH3 is 1. The summed E-state index contributed by atoms with van der Waals surface area (Å²) in [5.41, 5.74) is 0.251. The average molecular weight is 435 g/mol. The number of ketones is 1. The Morgan fingerprint density at radius 1 is 1.13 bits per heavy atom. The zero-order chi connectivity index (χ0) is 21.5. The summed E-state index contributed by atoms with van der Waals surface area (Å²) < 4.78 is 45.3. The van der Waals surface area contributed by atoms with E-state index >= 15 is 0 Å². The first-order chi connectivity index (χ1) is 14.4. The second-order valence-electron chi connectivity index (χ2n) is 5.99. The van der Waals surface area contributed by atoms with Gasteiger partial charge in [-0.25, -0.2) is 0 Å². The van der Waals surface area contributed by atoms with E-state index in [4.69, 9.17) is 25.5 Å². The monoisotopic (exact) mass is 434 g/mol. The van der Waals surface area contributed by atoms with Crippen LogP contribution in [0.3, 0.4) is 0 Å². The van der Waals surface area contributed by atoms with E-state index in [1.165, 1.54) is 37.5 Å². The van der Waals surface area contributed by atoms with Crippen molar-refractivity contribution in [1.29, 1.82) is 0 Å². The number of hydrogen-bond donors (Lipinski definition) is 0. The summed E-state index contributed by atoms with van der Waals surface area (Å²) in [6, 6.07) is 14.4. The molecule has 0 unspecified atom stereocenters. The quantitative estimate of drug-likeness (QED) is 0.304. The van der Waals surface area contributed by atoms with Gasteiger partial charge >= 0.3 is 6.61 Å². The maximum absolute atomic E-state index is 12.4. The van der Waals surface area contributed by atoms with Crippen LogP contribution in [0.5, 0.6) is 17.2 Å². The van der Waals surface area contributed by atoms with E-state index in [2.05, 4.69) is 4.74 Å². The van der Waals surface area contributed by atoms with Gasteiger partial charge in [-0.15, -0.1) is 0 Å². The zero-order valence-electron chi connectivity index (χ0n) is 15.8. The van der Waals surface area contributed by atoms with Crippen LogP contribution in [-0.4, -0.2) is 19.5 Å². The molecule has 0 atom stereocenters. The fourth-order valence-electron chi connectivity index (χ4n) is 2.54.